The van der Waals surface area contributed by atoms with Crippen molar-refractivity contribution in [3.05, 3.63) is 35.9 Å². The zero-order valence-electron chi connectivity index (χ0n) is 13.9. The number of nitrogens with one attached hydrogen (secondary N) is 1. The van der Waals surface area contributed by atoms with Gasteiger partial charge in [0.05, 0.1) is 5.92 Å². The maximum absolute atomic E-state index is 12.3. The lowest BCUT2D eigenvalue weighted by molar-refractivity contribution is -0.149. The first-order valence-corrected chi connectivity index (χ1v) is 8.33. The largest absolute Gasteiger partial charge is 0.359 e. The molecule has 5 nitrogen and oxygen atoms in total. The van der Waals surface area contributed by atoms with Gasteiger partial charge in [-0.1, -0.05) is 37.3 Å². The highest BCUT2D eigenvalue weighted by atomic mass is 16.2. The van der Waals surface area contributed by atoms with E-state index in [9.17, 15) is 9.59 Å². The molecule has 1 atom stereocenters. The molecule has 5 heteroatoms. The Morgan fingerprint density at radius 1 is 1.22 bits per heavy atom. The molecule has 0 aromatic heterocycles. The van der Waals surface area contributed by atoms with Gasteiger partial charge in [-0.2, -0.15) is 0 Å². The first-order valence-electron chi connectivity index (χ1n) is 8.33. The number of likely N-dealkylation sites (tertiary alicyclic amines) is 2. The summed E-state index contributed by atoms with van der Waals surface area (Å²) in [4.78, 5) is 28.4. The molecule has 1 spiro atoms. The second kappa shape index (κ2) is 6.32. The Hall–Kier alpha value is -1.88. The number of rotatable bonds is 4. The molecule has 1 aromatic rings. The van der Waals surface area contributed by atoms with E-state index in [1.165, 1.54) is 5.56 Å². The van der Waals surface area contributed by atoms with Crippen LogP contribution in [0.15, 0.2) is 30.3 Å². The van der Waals surface area contributed by atoms with Crippen molar-refractivity contribution in [2.75, 3.05) is 33.2 Å². The molecule has 2 aliphatic rings. The molecule has 1 unspecified atom stereocenters. The number of nitrogens with zero attached hydrogens (tertiary/aromatic N) is 2. The average molecular weight is 315 g/mol. The third kappa shape index (κ3) is 2.98. The molecular weight excluding hydrogens is 290 g/mol. The number of benzene rings is 1. The molecule has 2 aliphatic heterocycles. The van der Waals surface area contributed by atoms with Crippen molar-refractivity contribution in [3.63, 3.8) is 0 Å². The van der Waals surface area contributed by atoms with E-state index in [0.29, 0.717) is 19.5 Å². The number of hydrogen-bond acceptors (Lipinski definition) is 3. The maximum Gasteiger partial charge on any atom is 0.224 e. The quantitative estimate of drug-likeness (QED) is 0.905. The van der Waals surface area contributed by atoms with Crippen molar-refractivity contribution >= 4 is 11.8 Å². The van der Waals surface area contributed by atoms with Gasteiger partial charge in [-0.25, -0.2) is 0 Å². The van der Waals surface area contributed by atoms with Gasteiger partial charge >= 0.3 is 0 Å². The van der Waals surface area contributed by atoms with Gasteiger partial charge in [-0.05, 0) is 5.56 Å². The number of amides is 2. The van der Waals surface area contributed by atoms with Gasteiger partial charge in [0.2, 0.25) is 11.8 Å². The second-order valence-corrected chi connectivity index (χ2v) is 6.79. The molecule has 2 amide bonds. The fourth-order valence-electron chi connectivity index (χ4n) is 4.00. The van der Waals surface area contributed by atoms with E-state index in [1.807, 2.05) is 30.0 Å². The Morgan fingerprint density at radius 3 is 2.52 bits per heavy atom. The van der Waals surface area contributed by atoms with Gasteiger partial charge in [0.1, 0.15) is 0 Å². The molecule has 3 rings (SSSR count). The summed E-state index contributed by atoms with van der Waals surface area (Å²) in [5, 5.41) is 2.80. The Labute approximate surface area is 137 Å². The summed E-state index contributed by atoms with van der Waals surface area (Å²) in [6.07, 6.45) is 0.536. The Morgan fingerprint density at radius 2 is 1.91 bits per heavy atom. The van der Waals surface area contributed by atoms with E-state index >= 15 is 0 Å². The lowest BCUT2D eigenvalue weighted by Gasteiger charge is -2.50. The molecule has 0 saturated carbocycles. The number of carbonyl (C=O) groups excluding carboxylic acids is 2. The molecule has 2 fully saturated rings. The molecule has 23 heavy (non-hydrogen) atoms. The van der Waals surface area contributed by atoms with Crippen LogP contribution in [0.4, 0.5) is 0 Å². The van der Waals surface area contributed by atoms with Crippen LogP contribution in [0.1, 0.15) is 18.9 Å². The minimum absolute atomic E-state index is 0.0304. The maximum atomic E-state index is 12.3. The average Bonchev–Trinajstić information content (AvgIpc) is 2.92. The third-order valence-corrected chi connectivity index (χ3v) is 5.20. The van der Waals surface area contributed by atoms with Crippen LogP contribution in [0.25, 0.3) is 0 Å². The van der Waals surface area contributed by atoms with Crippen LogP contribution >= 0.6 is 0 Å². The molecular formula is C18H25N3O2. The predicted octanol–water partition coefficient (Wildman–Crippen LogP) is 1.10. The van der Waals surface area contributed by atoms with Crippen molar-refractivity contribution in [2.45, 2.75) is 19.9 Å². The predicted molar refractivity (Wildman–Crippen MR) is 88.6 cm³/mol. The molecule has 0 aliphatic carbocycles. The highest BCUT2D eigenvalue weighted by Gasteiger charge is 2.57. The molecule has 1 N–H and O–H groups in total. The van der Waals surface area contributed by atoms with Crippen LogP contribution in [0.2, 0.25) is 0 Å². The summed E-state index contributed by atoms with van der Waals surface area (Å²) in [6, 6.07) is 10.3. The van der Waals surface area contributed by atoms with Gasteiger partial charge in [0.25, 0.3) is 0 Å². The Kier molecular flexibility index (Phi) is 4.39. The topological polar surface area (TPSA) is 52.7 Å². The van der Waals surface area contributed by atoms with Crippen LogP contribution in [0.5, 0.6) is 0 Å². The zero-order chi connectivity index (χ0) is 16.4. The van der Waals surface area contributed by atoms with Crippen molar-refractivity contribution in [2.24, 2.45) is 11.3 Å². The van der Waals surface area contributed by atoms with Gasteiger partial charge in [0.15, 0.2) is 0 Å². The van der Waals surface area contributed by atoms with Crippen LogP contribution in [-0.2, 0) is 16.1 Å². The van der Waals surface area contributed by atoms with E-state index in [4.69, 9.17) is 0 Å². The van der Waals surface area contributed by atoms with E-state index in [0.717, 1.165) is 19.6 Å². The van der Waals surface area contributed by atoms with Gasteiger partial charge in [-0.3, -0.25) is 14.5 Å². The van der Waals surface area contributed by atoms with E-state index in [-0.39, 0.29) is 23.1 Å². The Balaban J connectivity index is 1.71. The van der Waals surface area contributed by atoms with Crippen LogP contribution in [-0.4, -0.2) is 54.8 Å². The summed E-state index contributed by atoms with van der Waals surface area (Å²) >= 11 is 0. The molecule has 2 heterocycles. The zero-order valence-corrected chi connectivity index (χ0v) is 13.9. The molecule has 0 bridgehead atoms. The first kappa shape index (κ1) is 16.0. The smallest absolute Gasteiger partial charge is 0.224 e. The van der Waals surface area contributed by atoms with E-state index < -0.39 is 0 Å². The van der Waals surface area contributed by atoms with Gasteiger partial charge in [0, 0.05) is 51.6 Å². The number of carbonyl (C=O) groups is 2. The SMILES string of the molecule is CCC(=O)N1CC2(CN(Cc3ccccc3)CC2C(=O)NC)C1. The molecule has 2 saturated heterocycles. The molecule has 1 aromatic carbocycles. The van der Waals surface area contributed by atoms with Crippen molar-refractivity contribution in [1.29, 1.82) is 0 Å². The van der Waals surface area contributed by atoms with Crippen molar-refractivity contribution in [1.82, 2.24) is 15.1 Å². The summed E-state index contributed by atoms with van der Waals surface area (Å²) in [5.74, 6) is 0.258. The summed E-state index contributed by atoms with van der Waals surface area (Å²) < 4.78 is 0. The minimum Gasteiger partial charge on any atom is -0.359 e. The fraction of sp³-hybridized carbons (Fsp3) is 0.556. The summed E-state index contributed by atoms with van der Waals surface area (Å²) in [7, 11) is 1.70. The monoisotopic (exact) mass is 315 g/mol. The van der Waals surface area contributed by atoms with E-state index in [1.54, 1.807) is 7.05 Å². The second-order valence-electron chi connectivity index (χ2n) is 6.79. The summed E-state index contributed by atoms with van der Waals surface area (Å²) in [5.41, 5.74) is 1.20. The van der Waals surface area contributed by atoms with Crippen molar-refractivity contribution in [3.8, 4) is 0 Å². The highest BCUT2D eigenvalue weighted by molar-refractivity contribution is 5.82. The lowest BCUT2D eigenvalue weighted by atomic mass is 9.71. The lowest BCUT2D eigenvalue weighted by Crippen LogP contribution is -2.63. The van der Waals surface area contributed by atoms with Crippen LogP contribution in [0.3, 0.4) is 0 Å². The van der Waals surface area contributed by atoms with Crippen LogP contribution < -0.4 is 5.32 Å². The van der Waals surface area contributed by atoms with Crippen LogP contribution in [0, 0.1) is 11.3 Å². The summed E-state index contributed by atoms with van der Waals surface area (Å²) in [6.45, 7) is 5.82. The number of hydrogen-bond donors (Lipinski definition) is 1. The minimum atomic E-state index is -0.0697. The molecule has 0 radical (unpaired) electrons. The van der Waals surface area contributed by atoms with Crippen molar-refractivity contribution < 1.29 is 9.59 Å². The Bertz CT molecular complexity index is 581. The first-order chi connectivity index (χ1) is 11.1. The van der Waals surface area contributed by atoms with Gasteiger partial charge in [-0.15, -0.1) is 0 Å². The van der Waals surface area contributed by atoms with E-state index in [2.05, 4.69) is 22.3 Å². The highest BCUT2D eigenvalue weighted by Crippen LogP contribution is 2.44. The third-order valence-electron chi connectivity index (χ3n) is 5.20. The molecule has 124 valence electrons. The van der Waals surface area contributed by atoms with Gasteiger partial charge < -0.3 is 10.2 Å². The standard InChI is InChI=1S/C18H25N3O2/c1-3-16(22)21-12-18(13-21)11-20(10-15(18)17(23)19-2)9-14-7-5-4-6-8-14/h4-8,15H,3,9-13H2,1-2H3,(H,19,23). The normalized spacial score (nSPS) is 22.9. The fourth-order valence-corrected chi connectivity index (χ4v) is 4.00.